The lowest BCUT2D eigenvalue weighted by Gasteiger charge is -2.44. The first-order valence-corrected chi connectivity index (χ1v) is 12.4. The van der Waals surface area contributed by atoms with E-state index in [-0.39, 0.29) is 37.5 Å². The molecule has 0 saturated carbocycles. The summed E-state index contributed by atoms with van der Waals surface area (Å²) >= 11 is 0. The van der Waals surface area contributed by atoms with Gasteiger partial charge in [0.25, 0.3) is 12.0 Å². The van der Waals surface area contributed by atoms with Crippen LogP contribution in [0.25, 0.3) is 0 Å². The quantitative estimate of drug-likeness (QED) is 0.575. The molecule has 1 aromatic heterocycles. The van der Waals surface area contributed by atoms with E-state index >= 15 is 0 Å². The summed E-state index contributed by atoms with van der Waals surface area (Å²) in [6.07, 6.45) is -14.1. The third-order valence-corrected chi connectivity index (χ3v) is 7.32. The number of aliphatic hydroxyl groups is 1. The van der Waals surface area contributed by atoms with Gasteiger partial charge in [-0.15, -0.1) is 0 Å². The van der Waals surface area contributed by atoms with Crippen LogP contribution >= 0.6 is 0 Å². The SMILES string of the molecule is CC(C)(O)CN1CCn2cc(C(=O)N3CCCC34CCN(C(=O)OC(C(F)(F)F)C(F)(F)F)CC4)nc2C1. The molecule has 1 aromatic rings. The first-order valence-electron chi connectivity index (χ1n) is 12.4. The second kappa shape index (κ2) is 9.88. The highest BCUT2D eigenvalue weighted by Gasteiger charge is 2.60. The lowest BCUT2D eigenvalue weighted by Crippen LogP contribution is -2.56. The number of β-amino-alcohol motifs (C(OH)–C–C–N with tert-alkyl or cyclic N) is 1. The second-order valence-corrected chi connectivity index (χ2v) is 10.9. The van der Waals surface area contributed by atoms with E-state index in [2.05, 4.69) is 9.72 Å². The number of imidazole rings is 1. The first-order chi connectivity index (χ1) is 17.5. The van der Waals surface area contributed by atoms with E-state index in [0.717, 1.165) is 4.90 Å². The van der Waals surface area contributed by atoms with E-state index in [1.165, 1.54) is 0 Å². The van der Waals surface area contributed by atoms with Crippen LogP contribution in [-0.2, 0) is 17.8 Å². The van der Waals surface area contributed by atoms with Crippen molar-refractivity contribution in [1.29, 1.82) is 0 Å². The number of fused-ring (bicyclic) bond motifs is 1. The van der Waals surface area contributed by atoms with Gasteiger partial charge >= 0.3 is 18.4 Å². The minimum Gasteiger partial charge on any atom is -0.426 e. The standard InChI is InChI=1S/C23H31F6N5O4/c1-20(2,37)14-31-10-11-33-12-15(30-16(33)13-31)17(35)34-7-3-4-21(34)5-8-32(9-6-21)19(36)38-18(22(24,25)26)23(27,28)29/h12,18,37H,3-11,13-14H2,1-2H3. The van der Waals surface area contributed by atoms with Crippen molar-refractivity contribution in [2.24, 2.45) is 0 Å². The molecule has 4 rings (SSSR count). The van der Waals surface area contributed by atoms with Crippen molar-refractivity contribution in [3.63, 3.8) is 0 Å². The molecule has 0 aliphatic carbocycles. The molecule has 214 valence electrons. The van der Waals surface area contributed by atoms with Gasteiger partial charge in [0, 0.05) is 51.0 Å². The molecule has 0 radical (unpaired) electrons. The largest absolute Gasteiger partial charge is 0.434 e. The fourth-order valence-electron chi connectivity index (χ4n) is 5.60. The van der Waals surface area contributed by atoms with Crippen LogP contribution < -0.4 is 0 Å². The summed E-state index contributed by atoms with van der Waals surface area (Å²) in [6, 6.07) is 0. The fraction of sp³-hybridized carbons (Fsp3) is 0.783. The first kappa shape index (κ1) is 28.5. The third-order valence-electron chi connectivity index (χ3n) is 7.32. The number of hydrogen-bond donors (Lipinski definition) is 1. The highest BCUT2D eigenvalue weighted by Crippen LogP contribution is 2.40. The summed E-state index contributed by atoms with van der Waals surface area (Å²) in [5.41, 5.74) is -1.29. The number of amides is 2. The molecule has 1 N–H and O–H groups in total. The Hall–Kier alpha value is -2.55. The summed E-state index contributed by atoms with van der Waals surface area (Å²) in [5.74, 6) is 0.391. The monoisotopic (exact) mass is 555 g/mol. The highest BCUT2D eigenvalue weighted by molar-refractivity contribution is 5.93. The predicted octanol–water partition coefficient (Wildman–Crippen LogP) is 3.17. The van der Waals surface area contributed by atoms with Crippen LogP contribution in [0, 0.1) is 0 Å². The van der Waals surface area contributed by atoms with E-state index in [0.29, 0.717) is 51.4 Å². The Kier molecular flexibility index (Phi) is 7.40. The topological polar surface area (TPSA) is 91.1 Å². The molecule has 3 aliphatic rings. The highest BCUT2D eigenvalue weighted by atomic mass is 19.4. The maximum absolute atomic E-state index is 13.5. The molecule has 15 heteroatoms. The minimum absolute atomic E-state index is 0.142. The van der Waals surface area contributed by atoms with Crippen LogP contribution in [0.5, 0.6) is 0 Å². The summed E-state index contributed by atoms with van der Waals surface area (Å²) in [6.45, 7) is 5.78. The molecule has 0 unspecified atom stereocenters. The Morgan fingerprint density at radius 3 is 2.24 bits per heavy atom. The number of aromatic nitrogens is 2. The Labute approximate surface area is 215 Å². The van der Waals surface area contributed by atoms with Crippen molar-refractivity contribution in [3.05, 3.63) is 17.7 Å². The van der Waals surface area contributed by atoms with Crippen molar-refractivity contribution < 1.29 is 45.8 Å². The summed E-state index contributed by atoms with van der Waals surface area (Å²) in [4.78, 5) is 34.7. The lowest BCUT2D eigenvalue weighted by atomic mass is 9.85. The van der Waals surface area contributed by atoms with Gasteiger partial charge in [-0.25, -0.2) is 9.78 Å². The van der Waals surface area contributed by atoms with Gasteiger partial charge in [-0.2, -0.15) is 26.3 Å². The fourth-order valence-corrected chi connectivity index (χ4v) is 5.60. The number of rotatable bonds is 4. The number of halogens is 6. The molecule has 0 bridgehead atoms. The van der Waals surface area contributed by atoms with Crippen LogP contribution in [0.2, 0.25) is 0 Å². The molecule has 2 saturated heterocycles. The van der Waals surface area contributed by atoms with Crippen molar-refractivity contribution in [1.82, 2.24) is 24.3 Å². The van der Waals surface area contributed by atoms with Crippen molar-refractivity contribution in [2.75, 3.05) is 32.7 Å². The van der Waals surface area contributed by atoms with Gasteiger partial charge in [0.15, 0.2) is 0 Å². The Bertz CT molecular complexity index is 1030. The van der Waals surface area contributed by atoms with Crippen molar-refractivity contribution >= 4 is 12.0 Å². The Morgan fingerprint density at radius 2 is 1.66 bits per heavy atom. The molecular weight excluding hydrogens is 524 g/mol. The number of likely N-dealkylation sites (tertiary alicyclic amines) is 2. The molecule has 2 fully saturated rings. The second-order valence-electron chi connectivity index (χ2n) is 10.9. The average Bonchev–Trinajstić information content (AvgIpc) is 3.38. The lowest BCUT2D eigenvalue weighted by molar-refractivity contribution is -0.308. The van der Waals surface area contributed by atoms with Crippen LogP contribution in [0.15, 0.2) is 6.20 Å². The molecule has 38 heavy (non-hydrogen) atoms. The predicted molar refractivity (Wildman–Crippen MR) is 120 cm³/mol. The van der Waals surface area contributed by atoms with Crippen LogP contribution in [0.1, 0.15) is 55.8 Å². The number of carbonyl (C=O) groups is 2. The van der Waals surface area contributed by atoms with Crippen LogP contribution in [0.4, 0.5) is 31.1 Å². The summed E-state index contributed by atoms with van der Waals surface area (Å²) < 4.78 is 82.4. The summed E-state index contributed by atoms with van der Waals surface area (Å²) in [5, 5.41) is 10.1. The molecule has 0 aromatic carbocycles. The normalized spacial score (nSPS) is 20.8. The van der Waals surface area contributed by atoms with Gasteiger partial charge in [0.2, 0.25) is 0 Å². The van der Waals surface area contributed by atoms with Gasteiger partial charge in [-0.1, -0.05) is 0 Å². The number of hydrogen-bond acceptors (Lipinski definition) is 6. The number of piperidine rings is 1. The average molecular weight is 556 g/mol. The molecule has 9 nitrogen and oxygen atoms in total. The number of alkyl halides is 6. The maximum Gasteiger partial charge on any atom is 0.434 e. The van der Waals surface area contributed by atoms with Gasteiger partial charge in [0.05, 0.1) is 12.1 Å². The zero-order valence-corrected chi connectivity index (χ0v) is 21.1. The van der Waals surface area contributed by atoms with Gasteiger partial charge < -0.3 is 24.2 Å². The van der Waals surface area contributed by atoms with Crippen LogP contribution in [0.3, 0.4) is 0 Å². The smallest absolute Gasteiger partial charge is 0.426 e. The molecule has 4 heterocycles. The number of ether oxygens (including phenoxy) is 1. The molecule has 1 spiro atoms. The van der Waals surface area contributed by atoms with Crippen molar-refractivity contribution in [2.45, 2.75) is 82.2 Å². The van der Waals surface area contributed by atoms with Gasteiger partial charge in [-0.05, 0) is 39.5 Å². The van der Waals surface area contributed by atoms with Gasteiger partial charge in [0.1, 0.15) is 11.5 Å². The van der Waals surface area contributed by atoms with Gasteiger partial charge in [-0.3, -0.25) is 9.69 Å². The minimum atomic E-state index is -5.78. The number of carbonyl (C=O) groups excluding carboxylic acids is 2. The van der Waals surface area contributed by atoms with Crippen LogP contribution in [-0.4, -0.2) is 104 Å². The zero-order valence-electron chi connectivity index (χ0n) is 21.1. The van der Waals surface area contributed by atoms with E-state index in [4.69, 9.17) is 0 Å². The maximum atomic E-state index is 13.5. The Balaban J connectivity index is 1.40. The number of nitrogens with zero attached hydrogens (tertiary/aromatic N) is 5. The molecule has 3 aliphatic heterocycles. The Morgan fingerprint density at radius 1 is 1.03 bits per heavy atom. The third kappa shape index (κ3) is 6.03. The molecule has 2 amide bonds. The van der Waals surface area contributed by atoms with E-state index in [1.54, 1.807) is 24.9 Å². The van der Waals surface area contributed by atoms with E-state index in [1.807, 2.05) is 9.47 Å². The van der Waals surface area contributed by atoms with E-state index in [9.17, 15) is 41.0 Å². The molecule has 0 atom stereocenters. The summed E-state index contributed by atoms with van der Waals surface area (Å²) in [7, 11) is 0. The van der Waals surface area contributed by atoms with Crippen molar-refractivity contribution in [3.8, 4) is 0 Å². The van der Waals surface area contributed by atoms with E-state index < -0.39 is 35.7 Å². The zero-order chi connectivity index (χ0) is 28.1. The molecular formula is C23H31F6N5O4.